The molecule has 1 fully saturated rings. The summed E-state index contributed by atoms with van der Waals surface area (Å²) in [6.07, 6.45) is 2.58. The van der Waals surface area contributed by atoms with Crippen molar-refractivity contribution in [1.29, 1.82) is 0 Å². The van der Waals surface area contributed by atoms with Crippen LogP contribution in [-0.4, -0.2) is 49.5 Å². The zero-order chi connectivity index (χ0) is 21.9. The van der Waals surface area contributed by atoms with E-state index in [4.69, 9.17) is 4.99 Å². The largest absolute Gasteiger partial charge is 0.357 e. The fourth-order valence-corrected chi connectivity index (χ4v) is 4.10. The Kier molecular flexibility index (Phi) is 8.95. The van der Waals surface area contributed by atoms with Crippen LogP contribution in [0.4, 0.5) is 0 Å². The number of likely N-dealkylation sites (tertiary alicyclic amines) is 1. The first-order valence-corrected chi connectivity index (χ1v) is 11.6. The van der Waals surface area contributed by atoms with Crippen molar-refractivity contribution in [3.63, 3.8) is 0 Å². The standard InChI is InChI=1S/C26H36N4O/c1-3-23(24-13-9-6-10-14-24)19-29-26(27-4-2)28-18-22-17-25(31)30(20-22)16-15-21-11-7-5-8-12-21/h5-14,22-23H,3-4,15-20H2,1-2H3,(H2,27,28,29). The summed E-state index contributed by atoms with van der Waals surface area (Å²) in [5.74, 6) is 1.84. The summed E-state index contributed by atoms with van der Waals surface area (Å²) in [5.41, 5.74) is 2.61. The molecule has 1 aliphatic heterocycles. The number of guanidine groups is 1. The van der Waals surface area contributed by atoms with E-state index in [1.54, 1.807) is 0 Å². The molecule has 0 aliphatic carbocycles. The first-order valence-electron chi connectivity index (χ1n) is 11.6. The zero-order valence-electron chi connectivity index (χ0n) is 18.9. The van der Waals surface area contributed by atoms with E-state index < -0.39 is 0 Å². The molecule has 2 atom stereocenters. The Morgan fingerprint density at radius 1 is 1.06 bits per heavy atom. The van der Waals surface area contributed by atoms with E-state index in [0.717, 1.165) is 51.5 Å². The lowest BCUT2D eigenvalue weighted by Gasteiger charge is -2.18. The number of benzene rings is 2. The Labute approximate surface area is 187 Å². The number of carbonyl (C=O) groups is 1. The minimum atomic E-state index is 0.264. The highest BCUT2D eigenvalue weighted by Gasteiger charge is 2.29. The lowest BCUT2D eigenvalue weighted by Crippen LogP contribution is -2.40. The lowest BCUT2D eigenvalue weighted by atomic mass is 9.97. The molecule has 0 bridgehead atoms. The van der Waals surface area contributed by atoms with Crippen molar-refractivity contribution in [2.75, 3.05) is 32.7 Å². The molecule has 0 radical (unpaired) electrons. The highest BCUT2D eigenvalue weighted by atomic mass is 16.2. The Bertz CT molecular complexity index is 822. The number of hydrogen-bond acceptors (Lipinski definition) is 2. The SMILES string of the molecule is CCNC(=NCC(CC)c1ccccc1)NCC1CC(=O)N(CCc2ccccc2)C1. The van der Waals surface area contributed by atoms with Gasteiger partial charge < -0.3 is 15.5 Å². The molecule has 5 heteroatoms. The summed E-state index contributed by atoms with van der Waals surface area (Å²) in [6.45, 7) is 8.24. The molecule has 3 rings (SSSR count). The Morgan fingerprint density at radius 2 is 1.77 bits per heavy atom. The number of rotatable bonds is 10. The molecular weight excluding hydrogens is 384 g/mol. The fourth-order valence-electron chi connectivity index (χ4n) is 4.10. The molecule has 2 aromatic carbocycles. The molecule has 5 nitrogen and oxygen atoms in total. The molecule has 1 aliphatic rings. The van der Waals surface area contributed by atoms with Gasteiger partial charge in [-0.15, -0.1) is 0 Å². The highest BCUT2D eigenvalue weighted by molar-refractivity contribution is 5.81. The number of carbonyl (C=O) groups excluding carboxylic acids is 1. The lowest BCUT2D eigenvalue weighted by molar-refractivity contribution is -0.127. The van der Waals surface area contributed by atoms with Crippen LogP contribution in [0.1, 0.15) is 43.7 Å². The van der Waals surface area contributed by atoms with Gasteiger partial charge in [0, 0.05) is 51.0 Å². The normalized spacial score (nSPS) is 17.6. The average molecular weight is 421 g/mol. The zero-order valence-corrected chi connectivity index (χ0v) is 18.9. The van der Waals surface area contributed by atoms with E-state index in [0.29, 0.717) is 18.3 Å². The maximum Gasteiger partial charge on any atom is 0.223 e. The molecule has 31 heavy (non-hydrogen) atoms. The quantitative estimate of drug-likeness (QED) is 0.454. The number of nitrogens with zero attached hydrogens (tertiary/aromatic N) is 2. The molecule has 1 amide bonds. The smallest absolute Gasteiger partial charge is 0.223 e. The van der Waals surface area contributed by atoms with Crippen molar-refractivity contribution < 1.29 is 4.79 Å². The van der Waals surface area contributed by atoms with Gasteiger partial charge in [0.2, 0.25) is 5.91 Å². The maximum absolute atomic E-state index is 12.4. The van der Waals surface area contributed by atoms with E-state index >= 15 is 0 Å². The minimum Gasteiger partial charge on any atom is -0.357 e. The molecule has 1 heterocycles. The molecule has 0 aromatic heterocycles. The van der Waals surface area contributed by atoms with E-state index in [1.165, 1.54) is 11.1 Å². The topological polar surface area (TPSA) is 56.7 Å². The predicted octanol–water partition coefficient (Wildman–Crippen LogP) is 3.83. The van der Waals surface area contributed by atoms with Gasteiger partial charge in [-0.1, -0.05) is 67.6 Å². The van der Waals surface area contributed by atoms with Crippen LogP contribution < -0.4 is 10.6 Å². The highest BCUT2D eigenvalue weighted by Crippen LogP contribution is 2.20. The Morgan fingerprint density at radius 3 is 2.45 bits per heavy atom. The van der Waals surface area contributed by atoms with E-state index in [1.807, 2.05) is 11.0 Å². The van der Waals surface area contributed by atoms with Gasteiger partial charge in [-0.3, -0.25) is 9.79 Å². The van der Waals surface area contributed by atoms with Gasteiger partial charge in [-0.2, -0.15) is 0 Å². The molecule has 2 aromatic rings. The van der Waals surface area contributed by atoms with Crippen LogP contribution in [0.25, 0.3) is 0 Å². The Hall–Kier alpha value is -2.82. The van der Waals surface area contributed by atoms with Crippen LogP contribution in [-0.2, 0) is 11.2 Å². The summed E-state index contributed by atoms with van der Waals surface area (Å²) in [5, 5.41) is 6.82. The third-order valence-electron chi connectivity index (χ3n) is 5.94. The van der Waals surface area contributed by atoms with Gasteiger partial charge in [0.15, 0.2) is 5.96 Å². The molecule has 0 saturated carbocycles. The average Bonchev–Trinajstić information content (AvgIpc) is 3.17. The van der Waals surface area contributed by atoms with Gasteiger partial charge in [0.25, 0.3) is 0 Å². The van der Waals surface area contributed by atoms with Gasteiger partial charge in [-0.05, 0) is 30.9 Å². The van der Waals surface area contributed by atoms with E-state index in [2.05, 4.69) is 79.1 Å². The molecule has 166 valence electrons. The second-order valence-electron chi connectivity index (χ2n) is 8.26. The minimum absolute atomic E-state index is 0.264. The molecule has 2 N–H and O–H groups in total. The molecule has 2 unspecified atom stereocenters. The van der Waals surface area contributed by atoms with Crippen LogP contribution >= 0.6 is 0 Å². The summed E-state index contributed by atoms with van der Waals surface area (Å²) >= 11 is 0. The summed E-state index contributed by atoms with van der Waals surface area (Å²) < 4.78 is 0. The van der Waals surface area contributed by atoms with Gasteiger partial charge >= 0.3 is 0 Å². The molecule has 0 spiro atoms. The summed E-state index contributed by atoms with van der Waals surface area (Å²) in [6, 6.07) is 21.0. The van der Waals surface area contributed by atoms with Gasteiger partial charge in [0.1, 0.15) is 0 Å². The third kappa shape index (κ3) is 7.12. The monoisotopic (exact) mass is 420 g/mol. The number of hydrogen-bond donors (Lipinski definition) is 2. The summed E-state index contributed by atoms with van der Waals surface area (Å²) in [7, 11) is 0. The van der Waals surface area contributed by atoms with Crippen molar-refractivity contribution >= 4 is 11.9 Å². The van der Waals surface area contributed by atoms with E-state index in [9.17, 15) is 4.79 Å². The second kappa shape index (κ2) is 12.1. The molecule has 1 saturated heterocycles. The molecular formula is C26H36N4O. The Balaban J connectivity index is 1.49. The van der Waals surface area contributed by atoms with Crippen molar-refractivity contribution in [2.45, 2.75) is 39.0 Å². The van der Waals surface area contributed by atoms with Gasteiger partial charge in [-0.25, -0.2) is 0 Å². The van der Waals surface area contributed by atoms with Crippen LogP contribution in [0.5, 0.6) is 0 Å². The first kappa shape index (κ1) is 22.9. The van der Waals surface area contributed by atoms with Crippen LogP contribution in [0, 0.1) is 5.92 Å². The second-order valence-corrected chi connectivity index (χ2v) is 8.26. The van der Waals surface area contributed by atoms with Crippen LogP contribution in [0.3, 0.4) is 0 Å². The van der Waals surface area contributed by atoms with E-state index in [-0.39, 0.29) is 5.91 Å². The van der Waals surface area contributed by atoms with Crippen molar-refractivity contribution in [3.05, 3.63) is 71.8 Å². The fraction of sp³-hybridized carbons (Fsp3) is 0.462. The maximum atomic E-state index is 12.4. The predicted molar refractivity (Wildman–Crippen MR) is 128 cm³/mol. The van der Waals surface area contributed by atoms with Crippen molar-refractivity contribution in [3.8, 4) is 0 Å². The van der Waals surface area contributed by atoms with Gasteiger partial charge in [0.05, 0.1) is 0 Å². The van der Waals surface area contributed by atoms with Crippen molar-refractivity contribution in [2.24, 2.45) is 10.9 Å². The first-order chi connectivity index (χ1) is 15.2. The number of nitrogens with one attached hydrogen (secondary N) is 2. The number of aliphatic imine (C=N–C) groups is 1. The number of amides is 1. The summed E-state index contributed by atoms with van der Waals surface area (Å²) in [4.78, 5) is 19.3. The van der Waals surface area contributed by atoms with Crippen molar-refractivity contribution in [1.82, 2.24) is 15.5 Å². The van der Waals surface area contributed by atoms with Crippen LogP contribution in [0.15, 0.2) is 65.7 Å². The van der Waals surface area contributed by atoms with Crippen LogP contribution in [0.2, 0.25) is 0 Å². The third-order valence-corrected chi connectivity index (χ3v) is 5.94.